The molecule has 9 heteroatoms. The third kappa shape index (κ3) is 12.7. The molecule has 1 unspecified atom stereocenters. The molecule has 0 aliphatic rings. The Labute approximate surface area is 144 Å². The maximum atomic E-state index is 11.6. The van der Waals surface area contributed by atoms with Crippen molar-refractivity contribution in [3.8, 4) is 0 Å². The van der Waals surface area contributed by atoms with Crippen LogP contribution in [-0.2, 0) is 28.4 Å². The van der Waals surface area contributed by atoms with E-state index in [4.69, 9.17) is 9.78 Å². The van der Waals surface area contributed by atoms with Gasteiger partial charge < -0.3 is 0 Å². The zero-order chi connectivity index (χ0) is 18.4. The van der Waals surface area contributed by atoms with E-state index in [-0.39, 0.29) is 6.61 Å². The van der Waals surface area contributed by atoms with Crippen LogP contribution in [-0.4, -0.2) is 11.9 Å². The first-order chi connectivity index (χ1) is 11.3. The average molecular weight is 380 g/mol. The quantitative estimate of drug-likeness (QED) is 0.177. The molecule has 0 aromatic rings. The van der Waals surface area contributed by atoms with Gasteiger partial charge in [-0.05, 0) is 63.5 Å². The van der Waals surface area contributed by atoms with Gasteiger partial charge in [0.2, 0.25) is 0 Å². The van der Waals surface area contributed by atoms with Gasteiger partial charge >= 0.3 is 7.28 Å². The van der Waals surface area contributed by atoms with Gasteiger partial charge in [0.05, 0.1) is 6.61 Å². The highest BCUT2D eigenvalue weighted by atomic mass is 32.1. The molecule has 0 amide bonds. The minimum Gasteiger partial charge on any atom is -0.294 e. The Morgan fingerprint density at radius 2 is 1.62 bits per heavy atom. The van der Waals surface area contributed by atoms with Crippen molar-refractivity contribution in [2.24, 2.45) is 0 Å². The van der Waals surface area contributed by atoms with E-state index in [1.165, 1.54) is 11.1 Å². The molecule has 0 saturated carbocycles. The Balaban J connectivity index is 4.16. The second-order valence-corrected chi connectivity index (χ2v) is 8.99. The van der Waals surface area contributed by atoms with Crippen LogP contribution in [0.5, 0.6) is 0 Å². The van der Waals surface area contributed by atoms with Crippen molar-refractivity contribution >= 4 is 15.4 Å². The van der Waals surface area contributed by atoms with Gasteiger partial charge in [0, 0.05) is 0 Å². The smallest absolute Gasteiger partial charge is 0.294 e. The van der Waals surface area contributed by atoms with Gasteiger partial charge in [0.1, 0.15) is 0 Å². The van der Waals surface area contributed by atoms with E-state index < -0.39 is 15.4 Å². The van der Waals surface area contributed by atoms with E-state index in [2.05, 4.69) is 47.7 Å². The number of allylic oxidation sites excluding steroid dienone is 5. The third-order valence-corrected chi connectivity index (χ3v) is 5.12. The molecule has 0 radical (unpaired) electrons. The summed E-state index contributed by atoms with van der Waals surface area (Å²) < 4.78 is 31.3. The molecule has 138 valence electrons. The SMILES string of the molecule is CC(C)=CCC/C(C)=C/CC/C(C)=C/COP(=O)(OOOO)P=O. The second kappa shape index (κ2) is 13.6. The van der Waals surface area contributed by atoms with Crippen LogP contribution in [0.15, 0.2) is 34.9 Å². The summed E-state index contributed by atoms with van der Waals surface area (Å²) in [6, 6.07) is 0. The van der Waals surface area contributed by atoms with Gasteiger partial charge in [-0.3, -0.25) is 9.09 Å². The Morgan fingerprint density at radius 1 is 1.04 bits per heavy atom. The van der Waals surface area contributed by atoms with Crippen molar-refractivity contribution in [1.82, 2.24) is 0 Å². The van der Waals surface area contributed by atoms with Crippen LogP contribution >= 0.6 is 15.4 Å². The molecule has 0 saturated heterocycles. The Morgan fingerprint density at radius 3 is 2.17 bits per heavy atom. The average Bonchev–Trinajstić information content (AvgIpc) is 2.52. The number of hydrogen-bond acceptors (Lipinski definition) is 7. The number of rotatable bonds is 13. The normalized spacial score (nSPS) is 15.4. The summed E-state index contributed by atoms with van der Waals surface area (Å²) in [7, 11) is -4.88. The molecule has 1 N–H and O–H groups in total. The van der Waals surface area contributed by atoms with Crippen molar-refractivity contribution in [2.75, 3.05) is 6.61 Å². The van der Waals surface area contributed by atoms with Gasteiger partial charge in [0.25, 0.3) is 8.15 Å². The zero-order valence-electron chi connectivity index (χ0n) is 14.6. The van der Waals surface area contributed by atoms with E-state index in [1.807, 2.05) is 6.92 Å². The predicted octanol–water partition coefficient (Wildman–Crippen LogP) is 6.17. The number of hydrogen-bond donors (Lipinski definition) is 1. The highest BCUT2D eigenvalue weighted by Gasteiger charge is 2.27. The molecule has 7 nitrogen and oxygen atoms in total. The molecule has 1 atom stereocenters. The minimum atomic E-state index is -3.99. The van der Waals surface area contributed by atoms with Crippen LogP contribution in [0.3, 0.4) is 0 Å². The van der Waals surface area contributed by atoms with Crippen LogP contribution in [0.1, 0.15) is 53.4 Å². The molecule has 0 rings (SSSR count). The molecule has 0 aromatic carbocycles. The topological polar surface area (TPSA) is 91.3 Å². The Bertz CT molecular complexity index is 508. The summed E-state index contributed by atoms with van der Waals surface area (Å²) in [5.74, 6) is 0. The van der Waals surface area contributed by atoms with E-state index in [1.54, 1.807) is 6.08 Å². The van der Waals surface area contributed by atoms with Crippen LogP contribution in [0.25, 0.3) is 0 Å². The van der Waals surface area contributed by atoms with Crippen molar-refractivity contribution in [3.05, 3.63) is 34.9 Å². The van der Waals surface area contributed by atoms with Crippen LogP contribution < -0.4 is 0 Å². The standard InChI is InChI=1S/C15H26O7P2/c1-13(2)7-5-8-14(3)9-6-10-15(4)11-12-19-24(18,23-17)22-21-20-16/h7,9,11,16H,5-6,8,10,12H2,1-4H3/b14-9+,15-11+. The van der Waals surface area contributed by atoms with Crippen molar-refractivity contribution in [3.63, 3.8) is 0 Å². The highest BCUT2D eigenvalue weighted by Crippen LogP contribution is 2.60. The summed E-state index contributed by atoms with van der Waals surface area (Å²) in [6.07, 6.45) is 9.98. The summed E-state index contributed by atoms with van der Waals surface area (Å²) in [4.78, 5) is 0. The minimum absolute atomic E-state index is 0.0591. The molecule has 24 heavy (non-hydrogen) atoms. The lowest BCUT2D eigenvalue weighted by Crippen LogP contribution is -1.94. The van der Waals surface area contributed by atoms with Gasteiger partial charge in [0.15, 0.2) is 0 Å². The fourth-order valence-electron chi connectivity index (χ4n) is 1.72. The second-order valence-electron chi connectivity index (χ2n) is 5.52. The maximum Gasteiger partial charge on any atom is 0.449 e. The van der Waals surface area contributed by atoms with Gasteiger partial charge in [-0.2, -0.15) is 0 Å². The lowest BCUT2D eigenvalue weighted by atomic mass is 10.1. The van der Waals surface area contributed by atoms with Gasteiger partial charge in [-0.15, -0.1) is 4.67 Å². The molecule has 0 aliphatic carbocycles. The Kier molecular flexibility index (Phi) is 13.3. The van der Waals surface area contributed by atoms with E-state index in [9.17, 15) is 9.13 Å². The fourth-order valence-corrected chi connectivity index (χ4v) is 2.71. The molecule has 0 aliphatic heterocycles. The van der Waals surface area contributed by atoms with Crippen molar-refractivity contribution in [1.29, 1.82) is 0 Å². The fraction of sp³-hybridized carbons (Fsp3) is 0.600. The molecular weight excluding hydrogens is 354 g/mol. The summed E-state index contributed by atoms with van der Waals surface area (Å²) in [5.41, 5.74) is 3.72. The third-order valence-electron chi connectivity index (χ3n) is 3.05. The van der Waals surface area contributed by atoms with Crippen LogP contribution in [0, 0.1) is 0 Å². The van der Waals surface area contributed by atoms with E-state index in [0.717, 1.165) is 31.3 Å². The first kappa shape index (κ1) is 23.4. The monoisotopic (exact) mass is 380 g/mol. The maximum absolute atomic E-state index is 11.6. The van der Waals surface area contributed by atoms with Crippen LogP contribution in [0.4, 0.5) is 0 Å². The van der Waals surface area contributed by atoms with E-state index in [0.29, 0.717) is 0 Å². The lowest BCUT2D eigenvalue weighted by molar-refractivity contribution is -0.595. The molecule has 0 spiro atoms. The highest BCUT2D eigenvalue weighted by molar-refractivity contribution is 8.14. The summed E-state index contributed by atoms with van der Waals surface area (Å²) in [5, 5.41) is 14.7. The Hall–Kier alpha value is -0.650. The van der Waals surface area contributed by atoms with Gasteiger partial charge in [-0.25, -0.2) is 9.82 Å². The molecule has 0 heterocycles. The van der Waals surface area contributed by atoms with Crippen molar-refractivity contribution < 1.29 is 33.7 Å². The summed E-state index contributed by atoms with van der Waals surface area (Å²) >= 11 is 0. The van der Waals surface area contributed by atoms with Gasteiger partial charge in [-0.1, -0.05) is 34.9 Å². The predicted molar refractivity (Wildman–Crippen MR) is 92.5 cm³/mol. The molecule has 0 aromatic heterocycles. The zero-order valence-corrected chi connectivity index (χ0v) is 16.3. The van der Waals surface area contributed by atoms with Crippen molar-refractivity contribution in [2.45, 2.75) is 53.4 Å². The molecule has 0 fully saturated rings. The first-order valence-electron chi connectivity index (χ1n) is 7.53. The summed E-state index contributed by atoms with van der Waals surface area (Å²) in [6.45, 7) is 8.16. The molecule has 0 bridgehead atoms. The van der Waals surface area contributed by atoms with E-state index >= 15 is 0 Å². The largest absolute Gasteiger partial charge is 0.449 e. The molecular formula is C15H26O7P2. The lowest BCUT2D eigenvalue weighted by Gasteiger charge is -2.07. The first-order valence-corrected chi connectivity index (χ1v) is 10.6. The van der Waals surface area contributed by atoms with Crippen LogP contribution in [0.2, 0.25) is 0 Å².